The van der Waals surface area contributed by atoms with Crippen molar-refractivity contribution >= 4 is 0 Å². The first-order chi connectivity index (χ1) is 13.1. The summed E-state index contributed by atoms with van der Waals surface area (Å²) in [6.07, 6.45) is -1.03. The van der Waals surface area contributed by atoms with E-state index in [-0.39, 0.29) is 38.7 Å². The highest BCUT2D eigenvalue weighted by Crippen LogP contribution is 2.08. The maximum absolute atomic E-state index is 9.39. The zero-order valence-corrected chi connectivity index (χ0v) is 16.5. The number of hydrogen-bond donors (Lipinski definition) is 6. The minimum atomic E-state index is -0.352. The molecule has 1 heterocycles. The van der Waals surface area contributed by atoms with Crippen molar-refractivity contribution in [2.45, 2.75) is 18.9 Å². The Morgan fingerprint density at radius 1 is 0.593 bits per heavy atom. The van der Waals surface area contributed by atoms with Crippen LogP contribution in [0.1, 0.15) is 0 Å². The molecule has 162 valence electrons. The summed E-state index contributed by atoms with van der Waals surface area (Å²) in [6, 6.07) is 0. The van der Waals surface area contributed by atoms with Crippen molar-refractivity contribution in [1.82, 2.24) is 30.7 Å². The monoisotopic (exact) mass is 396 g/mol. The number of aliphatic hydroxyl groups is 3. The van der Waals surface area contributed by atoms with Crippen molar-refractivity contribution < 1.29 is 29.5 Å². The third-order valence-electron chi connectivity index (χ3n) is 4.09. The van der Waals surface area contributed by atoms with Gasteiger partial charge in [-0.1, -0.05) is 0 Å². The first kappa shape index (κ1) is 24.6. The maximum atomic E-state index is 9.39. The normalized spacial score (nSPS) is 23.7. The Balaban J connectivity index is 3.01. The summed E-state index contributed by atoms with van der Waals surface area (Å²) in [4.78, 5) is 5.69. The Morgan fingerprint density at radius 3 is 1.33 bits per heavy atom. The van der Waals surface area contributed by atoms with Crippen LogP contribution in [0.25, 0.3) is 0 Å². The molecule has 0 radical (unpaired) electrons. The second-order valence-corrected chi connectivity index (χ2v) is 6.07. The second kappa shape index (κ2) is 14.5. The summed E-state index contributed by atoms with van der Waals surface area (Å²) in [6.45, 7) is 1.99. The molecule has 6 N–H and O–H groups in total. The van der Waals surface area contributed by atoms with Crippen LogP contribution < -0.4 is 16.0 Å². The van der Waals surface area contributed by atoms with Gasteiger partial charge < -0.3 is 29.5 Å². The van der Waals surface area contributed by atoms with Crippen LogP contribution >= 0.6 is 0 Å². The zero-order valence-electron chi connectivity index (χ0n) is 16.5. The van der Waals surface area contributed by atoms with Gasteiger partial charge in [-0.05, 0) is 0 Å². The Labute approximate surface area is 160 Å². The van der Waals surface area contributed by atoms with Crippen molar-refractivity contribution in [3.63, 3.8) is 0 Å². The molecule has 12 nitrogen and oxygen atoms in total. The lowest BCUT2D eigenvalue weighted by Crippen LogP contribution is -2.78. The summed E-state index contributed by atoms with van der Waals surface area (Å²) >= 11 is 0. The van der Waals surface area contributed by atoms with Crippen LogP contribution in [-0.4, -0.2) is 130 Å². The van der Waals surface area contributed by atoms with Crippen molar-refractivity contribution in [3.05, 3.63) is 0 Å². The molecule has 0 bridgehead atoms. The highest BCUT2D eigenvalue weighted by molar-refractivity contribution is 4.83. The van der Waals surface area contributed by atoms with Crippen LogP contribution in [0.4, 0.5) is 0 Å². The van der Waals surface area contributed by atoms with Gasteiger partial charge in [-0.15, -0.1) is 0 Å². The number of nitrogens with zero attached hydrogens (tertiary/aromatic N) is 3. The Kier molecular flexibility index (Phi) is 13.2. The average Bonchev–Trinajstić information content (AvgIpc) is 2.67. The zero-order chi connectivity index (χ0) is 20.1. The molecule has 12 heteroatoms. The fourth-order valence-corrected chi connectivity index (χ4v) is 2.93. The van der Waals surface area contributed by atoms with Crippen LogP contribution in [0.15, 0.2) is 0 Å². The standard InChI is InChI=1S/C15H36N6O6/c1-25-10-20(6-9-24)14-16-13(19(4-7-22)5-8-23)17-15(18-14)21(11-26-2)12-27-3/h13-18,22-24H,4-12H2,1-3H3. The molecule has 3 unspecified atom stereocenters. The van der Waals surface area contributed by atoms with Crippen molar-refractivity contribution in [2.75, 3.05) is 81.0 Å². The summed E-state index contributed by atoms with van der Waals surface area (Å²) < 4.78 is 15.8. The number of nitrogens with one attached hydrogen (secondary N) is 3. The lowest BCUT2D eigenvalue weighted by Gasteiger charge is -2.48. The van der Waals surface area contributed by atoms with Crippen molar-refractivity contribution in [3.8, 4) is 0 Å². The molecule has 0 saturated carbocycles. The van der Waals surface area contributed by atoms with E-state index in [0.29, 0.717) is 39.8 Å². The molecule has 0 aromatic rings. The minimum absolute atomic E-state index is 0.0250. The van der Waals surface area contributed by atoms with Gasteiger partial charge in [0.05, 0.1) is 19.8 Å². The number of methoxy groups -OCH3 is 3. The van der Waals surface area contributed by atoms with Gasteiger partial charge >= 0.3 is 0 Å². The Morgan fingerprint density at radius 2 is 0.926 bits per heavy atom. The molecular formula is C15H36N6O6. The largest absolute Gasteiger partial charge is 0.395 e. The van der Waals surface area contributed by atoms with Gasteiger partial charge in [0.1, 0.15) is 39.1 Å². The van der Waals surface area contributed by atoms with E-state index < -0.39 is 0 Å². The predicted octanol–water partition coefficient (Wildman–Crippen LogP) is -3.69. The predicted molar refractivity (Wildman–Crippen MR) is 97.8 cm³/mol. The topological polar surface area (TPSA) is 134 Å². The van der Waals surface area contributed by atoms with Gasteiger partial charge in [0.15, 0.2) is 0 Å². The van der Waals surface area contributed by atoms with Gasteiger partial charge in [-0.25, -0.2) is 4.90 Å². The molecule has 0 aromatic carbocycles. The number of hydrogen-bond acceptors (Lipinski definition) is 12. The maximum Gasteiger partial charge on any atom is 0.122 e. The van der Waals surface area contributed by atoms with Crippen LogP contribution in [0.3, 0.4) is 0 Å². The summed E-state index contributed by atoms with van der Waals surface area (Å²) in [7, 11) is 4.80. The van der Waals surface area contributed by atoms with Crippen molar-refractivity contribution in [2.24, 2.45) is 0 Å². The second-order valence-electron chi connectivity index (χ2n) is 6.07. The summed E-state index contributed by atoms with van der Waals surface area (Å²) in [5.74, 6) is 0. The number of aliphatic hydroxyl groups excluding tert-OH is 3. The third kappa shape index (κ3) is 8.19. The molecular weight excluding hydrogens is 360 g/mol. The fourth-order valence-electron chi connectivity index (χ4n) is 2.93. The van der Waals surface area contributed by atoms with E-state index in [2.05, 4.69) is 16.0 Å². The highest BCUT2D eigenvalue weighted by atomic mass is 16.5. The van der Waals surface area contributed by atoms with E-state index in [1.165, 1.54) is 0 Å². The van der Waals surface area contributed by atoms with Crippen LogP contribution in [0.5, 0.6) is 0 Å². The molecule has 3 atom stereocenters. The Bertz CT molecular complexity index is 295. The molecule has 1 rings (SSSR count). The summed E-state index contributed by atoms with van der Waals surface area (Å²) in [5.41, 5.74) is 0. The van der Waals surface area contributed by atoms with Gasteiger partial charge in [0.25, 0.3) is 0 Å². The van der Waals surface area contributed by atoms with Gasteiger partial charge in [0, 0.05) is 41.0 Å². The molecule has 0 aliphatic carbocycles. The SMILES string of the molecule is COCN(CCO)C1NC(N(CCO)CCO)NC(N(COC)COC)N1. The third-order valence-corrected chi connectivity index (χ3v) is 4.09. The molecule has 0 amide bonds. The molecule has 1 fully saturated rings. The lowest BCUT2D eigenvalue weighted by atomic mass is 10.4. The first-order valence-corrected chi connectivity index (χ1v) is 8.94. The molecule has 0 spiro atoms. The van der Waals surface area contributed by atoms with Crippen LogP contribution in [0, 0.1) is 0 Å². The smallest absolute Gasteiger partial charge is 0.122 e. The lowest BCUT2D eigenvalue weighted by molar-refractivity contribution is -0.117. The van der Waals surface area contributed by atoms with Gasteiger partial charge in [-0.2, -0.15) is 0 Å². The van der Waals surface area contributed by atoms with Crippen molar-refractivity contribution in [1.29, 1.82) is 0 Å². The van der Waals surface area contributed by atoms with E-state index in [0.717, 1.165) is 0 Å². The average molecular weight is 396 g/mol. The van der Waals surface area contributed by atoms with E-state index in [9.17, 15) is 15.3 Å². The molecule has 1 aliphatic rings. The van der Waals surface area contributed by atoms with Gasteiger partial charge in [0.2, 0.25) is 0 Å². The first-order valence-electron chi connectivity index (χ1n) is 8.94. The molecule has 0 aromatic heterocycles. The quantitative estimate of drug-likeness (QED) is 0.152. The molecule has 1 saturated heterocycles. The highest BCUT2D eigenvalue weighted by Gasteiger charge is 2.35. The molecule has 1 aliphatic heterocycles. The van der Waals surface area contributed by atoms with Crippen LogP contribution in [-0.2, 0) is 14.2 Å². The van der Waals surface area contributed by atoms with E-state index in [4.69, 9.17) is 14.2 Å². The minimum Gasteiger partial charge on any atom is -0.395 e. The number of ether oxygens (including phenoxy) is 3. The van der Waals surface area contributed by atoms with Gasteiger partial charge in [-0.3, -0.25) is 25.8 Å². The van der Waals surface area contributed by atoms with E-state index in [1.807, 2.05) is 14.7 Å². The van der Waals surface area contributed by atoms with E-state index in [1.54, 1.807) is 21.3 Å². The van der Waals surface area contributed by atoms with E-state index >= 15 is 0 Å². The van der Waals surface area contributed by atoms with Crippen LogP contribution in [0.2, 0.25) is 0 Å². The molecule has 27 heavy (non-hydrogen) atoms. The fraction of sp³-hybridized carbons (Fsp3) is 1.00. The Hall–Kier alpha value is -0.480. The number of rotatable bonds is 15. The summed E-state index contributed by atoms with van der Waals surface area (Å²) in [5, 5.41) is 38.3.